The number of hydrogen-bond donors (Lipinski definition) is 2. The molecule has 3 aliphatic heterocycles. The number of benzene rings is 1. The summed E-state index contributed by atoms with van der Waals surface area (Å²) >= 11 is 1.54. The lowest BCUT2D eigenvalue weighted by atomic mass is 9.84. The largest absolute Gasteiger partial charge is 0.334 e. The molecule has 7 heteroatoms. The summed E-state index contributed by atoms with van der Waals surface area (Å²) in [5.74, 6) is 1.26. The van der Waals surface area contributed by atoms with Crippen molar-refractivity contribution in [2.24, 2.45) is 5.92 Å². The molecule has 4 heterocycles. The summed E-state index contributed by atoms with van der Waals surface area (Å²) in [4.78, 5) is 20.1. The van der Waals surface area contributed by atoms with E-state index >= 15 is 0 Å². The van der Waals surface area contributed by atoms with Gasteiger partial charge in [-0.1, -0.05) is 30.3 Å². The van der Waals surface area contributed by atoms with Crippen molar-refractivity contribution in [3.05, 3.63) is 35.8 Å². The molecule has 2 aromatic rings. The Kier molecular flexibility index (Phi) is 5.38. The molecule has 1 atom stereocenters. The van der Waals surface area contributed by atoms with Gasteiger partial charge in [-0.3, -0.25) is 5.32 Å². The first kappa shape index (κ1) is 17.2. The zero-order valence-electron chi connectivity index (χ0n) is 13.3. The van der Waals surface area contributed by atoms with Crippen LogP contribution in [0.1, 0.15) is 12.8 Å². The predicted octanol–water partition coefficient (Wildman–Crippen LogP) is 3.45. The van der Waals surface area contributed by atoms with Crippen LogP contribution in [0.2, 0.25) is 0 Å². The Bertz CT molecular complexity index is 685. The number of urea groups is 1. The van der Waals surface area contributed by atoms with Gasteiger partial charge in [-0.15, -0.1) is 23.7 Å². The lowest BCUT2D eigenvalue weighted by Crippen LogP contribution is -2.57. The minimum absolute atomic E-state index is 0. The van der Waals surface area contributed by atoms with Gasteiger partial charge in [-0.05, 0) is 37.4 Å². The number of piperidine rings is 3. The average Bonchev–Trinajstić information content (AvgIpc) is 3.04. The summed E-state index contributed by atoms with van der Waals surface area (Å²) in [7, 11) is 0. The zero-order valence-corrected chi connectivity index (χ0v) is 14.9. The van der Waals surface area contributed by atoms with Crippen molar-refractivity contribution in [2.45, 2.75) is 18.9 Å². The Morgan fingerprint density at radius 3 is 2.62 bits per heavy atom. The lowest BCUT2D eigenvalue weighted by molar-refractivity contribution is 0.0776. The van der Waals surface area contributed by atoms with E-state index in [0.717, 1.165) is 17.0 Å². The predicted molar refractivity (Wildman–Crippen MR) is 99.9 cm³/mol. The monoisotopic (exact) mass is 364 g/mol. The molecule has 3 saturated heterocycles. The molecule has 5 nitrogen and oxygen atoms in total. The number of thiazole rings is 1. The molecule has 1 aromatic heterocycles. The molecule has 0 spiro atoms. The number of hydrogen-bond acceptors (Lipinski definition) is 4. The van der Waals surface area contributed by atoms with Gasteiger partial charge in [0.1, 0.15) is 0 Å². The van der Waals surface area contributed by atoms with E-state index in [1.165, 1.54) is 25.9 Å². The van der Waals surface area contributed by atoms with Gasteiger partial charge in [0, 0.05) is 12.6 Å². The second-order valence-electron chi connectivity index (χ2n) is 6.24. The molecule has 1 aromatic carbocycles. The van der Waals surface area contributed by atoms with Gasteiger partial charge in [0.05, 0.1) is 10.4 Å². The number of carbonyl (C=O) groups is 1. The van der Waals surface area contributed by atoms with Crippen LogP contribution in [0.15, 0.2) is 35.8 Å². The number of aromatic nitrogens is 1. The molecule has 0 radical (unpaired) electrons. The topological polar surface area (TPSA) is 57.3 Å². The summed E-state index contributed by atoms with van der Waals surface area (Å²) in [6.07, 6.45) is 2.38. The summed E-state index contributed by atoms with van der Waals surface area (Å²) in [6, 6.07) is 10.1. The van der Waals surface area contributed by atoms with Gasteiger partial charge in [-0.25, -0.2) is 9.78 Å². The van der Waals surface area contributed by atoms with Crippen LogP contribution in [0, 0.1) is 5.92 Å². The number of amides is 2. The Morgan fingerprint density at radius 2 is 1.96 bits per heavy atom. The maximum Gasteiger partial charge on any atom is 0.320 e. The van der Waals surface area contributed by atoms with Crippen molar-refractivity contribution in [2.75, 3.05) is 25.0 Å². The van der Waals surface area contributed by atoms with Crippen molar-refractivity contribution in [3.8, 4) is 10.4 Å². The summed E-state index contributed by atoms with van der Waals surface area (Å²) in [6.45, 7) is 3.32. The highest BCUT2D eigenvalue weighted by Crippen LogP contribution is 2.31. The molecule has 3 fully saturated rings. The lowest BCUT2D eigenvalue weighted by Gasteiger charge is -2.44. The van der Waals surface area contributed by atoms with Crippen molar-refractivity contribution < 1.29 is 4.79 Å². The van der Waals surface area contributed by atoms with Crippen molar-refractivity contribution >= 4 is 35.6 Å². The molecule has 1 unspecified atom stereocenters. The first-order valence-corrected chi connectivity index (χ1v) is 8.96. The van der Waals surface area contributed by atoms with E-state index in [2.05, 4.69) is 20.5 Å². The maximum absolute atomic E-state index is 12.4. The summed E-state index contributed by atoms with van der Waals surface area (Å²) < 4.78 is 0. The minimum Gasteiger partial charge on any atom is -0.334 e. The molecular weight excluding hydrogens is 344 g/mol. The third-order valence-corrected chi connectivity index (χ3v) is 5.68. The van der Waals surface area contributed by atoms with Gasteiger partial charge >= 0.3 is 6.03 Å². The second-order valence-corrected chi connectivity index (χ2v) is 7.09. The molecule has 3 aliphatic rings. The normalized spacial score (nSPS) is 24.9. The fraction of sp³-hybridized carbons (Fsp3) is 0.412. The van der Waals surface area contributed by atoms with Gasteiger partial charge in [0.2, 0.25) is 0 Å². The number of nitrogens with one attached hydrogen (secondary N) is 2. The van der Waals surface area contributed by atoms with E-state index in [1.54, 1.807) is 16.8 Å². The highest BCUT2D eigenvalue weighted by molar-refractivity contribution is 7.13. The average molecular weight is 365 g/mol. The van der Waals surface area contributed by atoms with Gasteiger partial charge in [0.25, 0.3) is 0 Å². The van der Waals surface area contributed by atoms with Crippen LogP contribution in [0.5, 0.6) is 0 Å². The highest BCUT2D eigenvalue weighted by Gasteiger charge is 2.34. The van der Waals surface area contributed by atoms with Gasteiger partial charge < -0.3 is 10.2 Å². The highest BCUT2D eigenvalue weighted by atomic mass is 35.5. The second kappa shape index (κ2) is 7.51. The standard InChI is InChI=1S/C17H20N4OS.ClH/c22-17(19-14-10-21-8-6-12(14)7-9-21)20-16-15(23-11-18-16)13-4-2-1-3-5-13;/h1-5,11-12,14H,6-10H2,(H2,19,20,22);1H. The molecule has 128 valence electrons. The quantitative estimate of drug-likeness (QED) is 0.877. The van der Waals surface area contributed by atoms with Crippen LogP contribution >= 0.6 is 23.7 Å². The van der Waals surface area contributed by atoms with E-state index in [4.69, 9.17) is 0 Å². The molecule has 2 amide bonds. The zero-order chi connectivity index (χ0) is 15.6. The Labute approximate surface area is 151 Å². The SMILES string of the molecule is Cl.O=C(Nc1ncsc1-c1ccccc1)NC1CN2CCC1CC2. The number of nitrogens with zero attached hydrogens (tertiary/aromatic N) is 2. The van der Waals surface area contributed by atoms with E-state index in [9.17, 15) is 4.79 Å². The van der Waals surface area contributed by atoms with Crippen molar-refractivity contribution in [1.29, 1.82) is 0 Å². The maximum atomic E-state index is 12.4. The number of rotatable bonds is 3. The van der Waals surface area contributed by atoms with Gasteiger partial charge in [0.15, 0.2) is 5.82 Å². The van der Waals surface area contributed by atoms with Crippen LogP contribution in [-0.4, -0.2) is 41.6 Å². The number of halogens is 1. The van der Waals surface area contributed by atoms with Crippen LogP contribution in [0.3, 0.4) is 0 Å². The van der Waals surface area contributed by atoms with E-state index in [1.807, 2.05) is 30.3 Å². The molecule has 0 saturated carbocycles. The molecule has 5 rings (SSSR count). The molecule has 0 aliphatic carbocycles. The summed E-state index contributed by atoms with van der Waals surface area (Å²) in [5, 5.41) is 6.07. The minimum atomic E-state index is -0.146. The van der Waals surface area contributed by atoms with E-state index in [-0.39, 0.29) is 24.5 Å². The third kappa shape index (κ3) is 3.55. The van der Waals surface area contributed by atoms with Crippen LogP contribution in [0.4, 0.5) is 10.6 Å². The summed E-state index contributed by atoms with van der Waals surface area (Å²) in [5.41, 5.74) is 2.85. The number of carbonyl (C=O) groups excluding carboxylic acids is 1. The fourth-order valence-electron chi connectivity index (χ4n) is 3.57. The molecule has 2 bridgehead atoms. The first-order valence-electron chi connectivity index (χ1n) is 8.08. The number of anilines is 1. The molecule has 24 heavy (non-hydrogen) atoms. The van der Waals surface area contributed by atoms with Crippen molar-refractivity contribution in [1.82, 2.24) is 15.2 Å². The molecule has 2 N–H and O–H groups in total. The van der Waals surface area contributed by atoms with Crippen molar-refractivity contribution in [3.63, 3.8) is 0 Å². The first-order chi connectivity index (χ1) is 11.3. The Hall–Kier alpha value is -1.63. The van der Waals surface area contributed by atoms with Crippen LogP contribution < -0.4 is 10.6 Å². The Balaban J connectivity index is 0.00000169. The van der Waals surface area contributed by atoms with Gasteiger partial charge in [-0.2, -0.15) is 0 Å². The Morgan fingerprint density at radius 1 is 1.21 bits per heavy atom. The third-order valence-electron chi connectivity index (χ3n) is 4.81. The van der Waals surface area contributed by atoms with Crippen LogP contribution in [-0.2, 0) is 0 Å². The van der Waals surface area contributed by atoms with E-state index in [0.29, 0.717) is 11.7 Å². The smallest absolute Gasteiger partial charge is 0.320 e. The van der Waals surface area contributed by atoms with E-state index < -0.39 is 0 Å². The van der Waals surface area contributed by atoms with Crippen LogP contribution in [0.25, 0.3) is 10.4 Å². The molecular formula is C17H21ClN4OS. The fourth-order valence-corrected chi connectivity index (χ4v) is 4.32. The number of fused-ring (bicyclic) bond motifs is 3.